The second-order valence-corrected chi connectivity index (χ2v) is 4.22. The standard InChI is InChI=1S/C14H17N.K/c15-11-14-8-6-13(7-9-14)10-12-4-2-1-3-5-12;/h1-5,10-11,14-15H,6-9H2;. The molecule has 16 heavy (non-hydrogen) atoms. The van der Waals surface area contributed by atoms with E-state index < -0.39 is 0 Å². The quantitative estimate of drug-likeness (QED) is 0.602. The van der Waals surface area contributed by atoms with E-state index >= 15 is 0 Å². The average Bonchev–Trinajstić information content (AvgIpc) is 2.31. The Morgan fingerprint density at radius 1 is 1.06 bits per heavy atom. The molecule has 1 aliphatic carbocycles. The van der Waals surface area contributed by atoms with E-state index in [-0.39, 0.29) is 51.4 Å². The molecule has 1 aromatic rings. The van der Waals surface area contributed by atoms with E-state index in [9.17, 15) is 0 Å². The van der Waals surface area contributed by atoms with Crippen LogP contribution in [0.4, 0.5) is 0 Å². The van der Waals surface area contributed by atoms with Gasteiger partial charge < -0.3 is 5.41 Å². The van der Waals surface area contributed by atoms with Gasteiger partial charge in [0.15, 0.2) is 0 Å². The third-order valence-electron chi connectivity index (χ3n) is 3.08. The SMILES string of the molecule is N=CC1CCC(=Cc2ccccc2)CC1.[K]. The molecular formula is C14H17KN. The third-order valence-corrected chi connectivity index (χ3v) is 3.08. The predicted molar refractivity (Wildman–Crippen MR) is 70.9 cm³/mol. The number of allylic oxidation sites excluding steroid dienone is 1. The Bertz CT molecular complexity index is 346. The molecule has 2 rings (SSSR count). The molecule has 1 radical (unpaired) electrons. The van der Waals surface area contributed by atoms with Crippen LogP contribution in [0.2, 0.25) is 0 Å². The molecule has 0 saturated heterocycles. The summed E-state index contributed by atoms with van der Waals surface area (Å²) < 4.78 is 0. The van der Waals surface area contributed by atoms with Crippen molar-refractivity contribution in [3.63, 3.8) is 0 Å². The fraction of sp³-hybridized carbons (Fsp3) is 0.357. The largest absolute Gasteiger partial charge is 0.313 e. The van der Waals surface area contributed by atoms with Crippen LogP contribution in [0.3, 0.4) is 0 Å². The van der Waals surface area contributed by atoms with Crippen molar-refractivity contribution in [3.8, 4) is 0 Å². The van der Waals surface area contributed by atoms with Gasteiger partial charge in [0.2, 0.25) is 0 Å². The Kier molecular flexibility index (Phi) is 6.77. The van der Waals surface area contributed by atoms with Crippen LogP contribution < -0.4 is 0 Å². The zero-order valence-corrected chi connectivity index (χ0v) is 13.1. The van der Waals surface area contributed by atoms with Crippen LogP contribution in [-0.2, 0) is 0 Å². The Labute approximate surface area is 140 Å². The van der Waals surface area contributed by atoms with Gasteiger partial charge in [0.1, 0.15) is 0 Å². The smallest absolute Gasteiger partial charge is 0 e. The number of hydrogen-bond donors (Lipinski definition) is 1. The fourth-order valence-electron chi connectivity index (χ4n) is 2.11. The maximum absolute atomic E-state index is 7.24. The van der Waals surface area contributed by atoms with Gasteiger partial charge in [-0.2, -0.15) is 0 Å². The summed E-state index contributed by atoms with van der Waals surface area (Å²) in [6, 6.07) is 10.5. The topological polar surface area (TPSA) is 23.9 Å². The van der Waals surface area contributed by atoms with Gasteiger partial charge in [0, 0.05) is 51.4 Å². The molecular weight excluding hydrogens is 221 g/mol. The van der Waals surface area contributed by atoms with Crippen molar-refractivity contribution in [3.05, 3.63) is 41.5 Å². The molecule has 1 saturated carbocycles. The van der Waals surface area contributed by atoms with Crippen molar-refractivity contribution >= 4 is 63.7 Å². The second-order valence-electron chi connectivity index (χ2n) is 4.22. The van der Waals surface area contributed by atoms with E-state index in [2.05, 4.69) is 30.3 Å². The number of hydrogen-bond acceptors (Lipinski definition) is 1. The fourth-order valence-corrected chi connectivity index (χ4v) is 2.11. The Hall–Kier alpha value is 0.266. The van der Waals surface area contributed by atoms with E-state index in [1.165, 1.54) is 5.56 Å². The summed E-state index contributed by atoms with van der Waals surface area (Å²) in [6.07, 6.45) is 8.55. The molecule has 0 amide bonds. The zero-order chi connectivity index (χ0) is 10.5. The third kappa shape index (κ3) is 4.26. The zero-order valence-electron chi connectivity index (χ0n) is 9.95. The Balaban J connectivity index is 0.00000128. The van der Waals surface area contributed by atoms with Gasteiger partial charge in [-0.25, -0.2) is 0 Å². The number of benzene rings is 1. The van der Waals surface area contributed by atoms with Crippen molar-refractivity contribution in [1.29, 1.82) is 5.41 Å². The van der Waals surface area contributed by atoms with Crippen LogP contribution in [0.5, 0.6) is 0 Å². The maximum atomic E-state index is 7.24. The molecule has 1 aromatic carbocycles. The summed E-state index contributed by atoms with van der Waals surface area (Å²) in [5.74, 6) is 0.526. The second kappa shape index (κ2) is 7.57. The summed E-state index contributed by atoms with van der Waals surface area (Å²) in [5.41, 5.74) is 2.85. The normalized spacial score (nSPS) is 19.8. The van der Waals surface area contributed by atoms with Crippen LogP contribution >= 0.6 is 0 Å². The summed E-state index contributed by atoms with van der Waals surface area (Å²) >= 11 is 0. The molecule has 1 N–H and O–H groups in total. The number of rotatable bonds is 2. The predicted octanol–water partition coefficient (Wildman–Crippen LogP) is 3.53. The molecule has 0 unspecified atom stereocenters. The van der Waals surface area contributed by atoms with E-state index in [0.717, 1.165) is 25.7 Å². The van der Waals surface area contributed by atoms with Gasteiger partial charge in [-0.1, -0.05) is 42.0 Å². The average molecular weight is 238 g/mol. The summed E-state index contributed by atoms with van der Waals surface area (Å²) in [5, 5.41) is 7.24. The van der Waals surface area contributed by atoms with E-state index in [1.807, 2.05) is 6.07 Å². The van der Waals surface area contributed by atoms with Crippen molar-refractivity contribution in [2.75, 3.05) is 0 Å². The van der Waals surface area contributed by atoms with Crippen LogP contribution in [0.1, 0.15) is 31.2 Å². The molecule has 0 atom stereocenters. The number of nitrogens with one attached hydrogen (secondary N) is 1. The molecule has 79 valence electrons. The van der Waals surface area contributed by atoms with Gasteiger partial charge >= 0.3 is 0 Å². The van der Waals surface area contributed by atoms with Crippen molar-refractivity contribution in [2.24, 2.45) is 5.92 Å². The van der Waals surface area contributed by atoms with Gasteiger partial charge in [0.25, 0.3) is 0 Å². The minimum atomic E-state index is 0. The molecule has 1 aliphatic rings. The minimum Gasteiger partial charge on any atom is -0.313 e. The van der Waals surface area contributed by atoms with Crippen molar-refractivity contribution in [1.82, 2.24) is 0 Å². The van der Waals surface area contributed by atoms with Gasteiger partial charge in [0.05, 0.1) is 0 Å². The van der Waals surface area contributed by atoms with E-state index in [0.29, 0.717) is 5.92 Å². The molecule has 0 aliphatic heterocycles. The maximum Gasteiger partial charge on any atom is 0 e. The summed E-state index contributed by atoms with van der Waals surface area (Å²) in [7, 11) is 0. The first-order valence-electron chi connectivity index (χ1n) is 5.63. The molecule has 1 fully saturated rings. The molecule has 2 heteroatoms. The van der Waals surface area contributed by atoms with Crippen molar-refractivity contribution < 1.29 is 0 Å². The Morgan fingerprint density at radius 3 is 2.25 bits per heavy atom. The first kappa shape index (κ1) is 14.3. The van der Waals surface area contributed by atoms with Crippen molar-refractivity contribution in [2.45, 2.75) is 25.7 Å². The summed E-state index contributed by atoms with van der Waals surface area (Å²) in [4.78, 5) is 0. The first-order valence-corrected chi connectivity index (χ1v) is 5.63. The molecule has 0 heterocycles. The molecule has 0 aromatic heterocycles. The van der Waals surface area contributed by atoms with E-state index in [1.54, 1.807) is 11.8 Å². The van der Waals surface area contributed by atoms with E-state index in [4.69, 9.17) is 5.41 Å². The first-order chi connectivity index (χ1) is 7.38. The van der Waals surface area contributed by atoms with Gasteiger partial charge in [-0.15, -0.1) is 0 Å². The minimum absolute atomic E-state index is 0. The van der Waals surface area contributed by atoms with Gasteiger partial charge in [-0.05, 0) is 43.4 Å². The van der Waals surface area contributed by atoms with Crippen LogP contribution in [0.15, 0.2) is 35.9 Å². The van der Waals surface area contributed by atoms with Crippen LogP contribution in [-0.4, -0.2) is 57.6 Å². The molecule has 0 bridgehead atoms. The van der Waals surface area contributed by atoms with Crippen LogP contribution in [0, 0.1) is 11.3 Å². The Morgan fingerprint density at radius 2 is 1.69 bits per heavy atom. The summed E-state index contributed by atoms with van der Waals surface area (Å²) in [6.45, 7) is 0. The van der Waals surface area contributed by atoms with Crippen LogP contribution in [0.25, 0.3) is 6.08 Å². The monoisotopic (exact) mass is 238 g/mol. The molecule has 1 nitrogen and oxygen atoms in total. The molecule has 0 spiro atoms. The van der Waals surface area contributed by atoms with Gasteiger partial charge in [-0.3, -0.25) is 0 Å².